The van der Waals surface area contributed by atoms with Crippen molar-refractivity contribution >= 4 is 29.0 Å². The third kappa shape index (κ3) is 3.83. The minimum atomic E-state index is -0.426. The van der Waals surface area contributed by atoms with Gasteiger partial charge < -0.3 is 14.7 Å². The van der Waals surface area contributed by atoms with Gasteiger partial charge >= 0.3 is 0 Å². The van der Waals surface area contributed by atoms with E-state index >= 15 is 0 Å². The van der Waals surface area contributed by atoms with E-state index in [9.17, 15) is 9.18 Å². The minimum Gasteiger partial charge on any atom is -0.368 e. The summed E-state index contributed by atoms with van der Waals surface area (Å²) in [7, 11) is 0. The second-order valence-electron chi connectivity index (χ2n) is 6.85. The maximum absolute atomic E-state index is 13.3. The van der Waals surface area contributed by atoms with Crippen LogP contribution in [0.15, 0.2) is 30.3 Å². The van der Waals surface area contributed by atoms with E-state index in [1.165, 1.54) is 18.9 Å². The van der Waals surface area contributed by atoms with E-state index in [1.54, 1.807) is 23.1 Å². The van der Waals surface area contributed by atoms with Crippen molar-refractivity contribution in [2.24, 2.45) is 0 Å². The van der Waals surface area contributed by atoms with E-state index in [2.05, 4.69) is 20.0 Å². The number of benzene rings is 1. The monoisotopic (exact) mass is 389 g/mol. The van der Waals surface area contributed by atoms with E-state index in [-0.39, 0.29) is 10.9 Å². The Morgan fingerprint density at radius 3 is 2.30 bits per heavy atom. The number of amides is 1. The smallest absolute Gasteiger partial charge is 0.274 e. The summed E-state index contributed by atoms with van der Waals surface area (Å²) in [5.41, 5.74) is 1.24. The molecule has 0 unspecified atom stereocenters. The van der Waals surface area contributed by atoms with Crippen molar-refractivity contribution in [3.8, 4) is 0 Å². The molecule has 2 aromatic rings. The Kier molecular flexibility index (Phi) is 5.11. The molecule has 0 radical (unpaired) electrons. The van der Waals surface area contributed by atoms with Crippen LogP contribution in [0.1, 0.15) is 23.3 Å². The lowest BCUT2D eigenvalue weighted by Crippen LogP contribution is -2.49. The third-order valence-corrected chi connectivity index (χ3v) is 5.42. The van der Waals surface area contributed by atoms with Gasteiger partial charge in [0, 0.05) is 45.0 Å². The van der Waals surface area contributed by atoms with E-state index < -0.39 is 5.82 Å². The first-order valence-corrected chi connectivity index (χ1v) is 9.57. The lowest BCUT2D eigenvalue weighted by atomic mass is 10.2. The van der Waals surface area contributed by atoms with Crippen LogP contribution in [0.4, 0.5) is 15.9 Å². The molecule has 3 heterocycles. The molecular weight excluding hydrogens is 369 g/mol. The summed E-state index contributed by atoms with van der Waals surface area (Å²) in [5, 5.41) is 8.48. The molecule has 2 saturated heterocycles. The van der Waals surface area contributed by atoms with Gasteiger partial charge in [0.1, 0.15) is 5.82 Å². The Morgan fingerprint density at radius 1 is 0.926 bits per heavy atom. The first-order valence-electron chi connectivity index (χ1n) is 9.20. The highest BCUT2D eigenvalue weighted by molar-refractivity contribution is 6.31. The Morgan fingerprint density at radius 2 is 1.67 bits per heavy atom. The number of halogens is 2. The number of carbonyl (C=O) groups is 1. The summed E-state index contributed by atoms with van der Waals surface area (Å²) in [6, 6.07) is 8.34. The highest BCUT2D eigenvalue weighted by Gasteiger charge is 2.24. The van der Waals surface area contributed by atoms with Crippen LogP contribution < -0.4 is 9.80 Å². The molecule has 1 aromatic heterocycles. The van der Waals surface area contributed by atoms with E-state index in [0.29, 0.717) is 31.9 Å². The van der Waals surface area contributed by atoms with E-state index in [4.69, 9.17) is 11.6 Å². The maximum Gasteiger partial charge on any atom is 0.274 e. The van der Waals surface area contributed by atoms with Gasteiger partial charge in [-0.2, -0.15) is 0 Å². The van der Waals surface area contributed by atoms with Crippen molar-refractivity contribution in [2.75, 3.05) is 49.1 Å². The minimum absolute atomic E-state index is 0.104. The molecule has 6 nitrogen and oxygen atoms in total. The van der Waals surface area contributed by atoms with Crippen LogP contribution in [0, 0.1) is 5.82 Å². The molecule has 0 bridgehead atoms. The van der Waals surface area contributed by atoms with Crippen molar-refractivity contribution in [3.63, 3.8) is 0 Å². The highest BCUT2D eigenvalue weighted by atomic mass is 35.5. The van der Waals surface area contributed by atoms with Crippen LogP contribution >= 0.6 is 11.6 Å². The number of hydrogen-bond donors (Lipinski definition) is 0. The zero-order valence-electron chi connectivity index (χ0n) is 14.9. The van der Waals surface area contributed by atoms with Crippen LogP contribution in [-0.2, 0) is 0 Å². The average molecular weight is 390 g/mol. The molecule has 4 rings (SSSR count). The SMILES string of the molecule is O=C(c1ccc(N2CCCC2)nn1)N1CCN(c2ccc(F)c(Cl)c2)CC1. The Hall–Kier alpha value is -2.41. The second kappa shape index (κ2) is 7.68. The average Bonchev–Trinajstić information content (AvgIpc) is 3.25. The molecule has 2 fully saturated rings. The molecule has 0 aliphatic carbocycles. The van der Waals surface area contributed by atoms with Gasteiger partial charge in [-0.3, -0.25) is 4.79 Å². The van der Waals surface area contributed by atoms with Gasteiger partial charge in [0.25, 0.3) is 5.91 Å². The molecule has 27 heavy (non-hydrogen) atoms. The molecular formula is C19H21ClFN5O. The third-order valence-electron chi connectivity index (χ3n) is 5.13. The topological polar surface area (TPSA) is 52.6 Å². The lowest BCUT2D eigenvalue weighted by Gasteiger charge is -2.36. The molecule has 0 N–H and O–H groups in total. The summed E-state index contributed by atoms with van der Waals surface area (Å²) < 4.78 is 13.3. The summed E-state index contributed by atoms with van der Waals surface area (Å²) in [6.45, 7) is 4.46. The van der Waals surface area contributed by atoms with Crippen molar-refractivity contribution in [2.45, 2.75) is 12.8 Å². The molecule has 2 aliphatic rings. The maximum atomic E-state index is 13.3. The summed E-state index contributed by atoms with van der Waals surface area (Å²) in [4.78, 5) is 18.8. The van der Waals surface area contributed by atoms with Gasteiger partial charge in [-0.1, -0.05) is 11.6 Å². The fourth-order valence-corrected chi connectivity index (χ4v) is 3.74. The van der Waals surface area contributed by atoms with Crippen LogP contribution in [0.3, 0.4) is 0 Å². The molecule has 1 amide bonds. The molecule has 0 spiro atoms. The summed E-state index contributed by atoms with van der Waals surface area (Å²) in [5.74, 6) is 0.305. The zero-order chi connectivity index (χ0) is 18.8. The number of anilines is 2. The van der Waals surface area contributed by atoms with Crippen molar-refractivity contribution in [1.82, 2.24) is 15.1 Å². The van der Waals surface area contributed by atoms with Gasteiger partial charge in [0.15, 0.2) is 11.5 Å². The summed E-state index contributed by atoms with van der Waals surface area (Å²) in [6.07, 6.45) is 2.35. The number of hydrogen-bond acceptors (Lipinski definition) is 5. The van der Waals surface area contributed by atoms with Crippen LogP contribution in [0.5, 0.6) is 0 Å². The quantitative estimate of drug-likeness (QED) is 0.808. The van der Waals surface area contributed by atoms with Crippen molar-refractivity contribution < 1.29 is 9.18 Å². The Labute approximate surface area is 162 Å². The predicted octanol–water partition coefficient (Wildman–Crippen LogP) is 2.83. The molecule has 1 aromatic carbocycles. The lowest BCUT2D eigenvalue weighted by molar-refractivity contribution is 0.0739. The van der Waals surface area contributed by atoms with E-state index in [1.807, 2.05) is 6.07 Å². The molecule has 142 valence electrons. The Balaban J connectivity index is 1.37. The normalized spacial score (nSPS) is 17.5. The summed E-state index contributed by atoms with van der Waals surface area (Å²) >= 11 is 5.87. The number of nitrogens with zero attached hydrogens (tertiary/aromatic N) is 5. The highest BCUT2D eigenvalue weighted by Crippen LogP contribution is 2.24. The second-order valence-corrected chi connectivity index (χ2v) is 7.26. The predicted molar refractivity (Wildman–Crippen MR) is 103 cm³/mol. The number of rotatable bonds is 3. The van der Waals surface area contributed by atoms with Gasteiger partial charge in [-0.05, 0) is 43.2 Å². The van der Waals surface area contributed by atoms with Crippen LogP contribution in [0.2, 0.25) is 5.02 Å². The number of piperazine rings is 1. The molecule has 8 heteroatoms. The Bertz CT molecular complexity index is 817. The number of carbonyl (C=O) groups excluding carboxylic acids is 1. The van der Waals surface area contributed by atoms with E-state index in [0.717, 1.165) is 24.6 Å². The standard InChI is InChI=1S/C19H21ClFN5O/c20-15-13-14(3-4-16(15)21)24-9-11-26(12-10-24)19(27)17-5-6-18(23-22-17)25-7-1-2-8-25/h3-6,13H,1-2,7-12H2. The number of aromatic nitrogens is 2. The first kappa shape index (κ1) is 18.0. The zero-order valence-corrected chi connectivity index (χ0v) is 15.7. The first-order chi connectivity index (χ1) is 13.1. The molecule has 0 saturated carbocycles. The van der Waals surface area contributed by atoms with Crippen LogP contribution in [0.25, 0.3) is 0 Å². The fourth-order valence-electron chi connectivity index (χ4n) is 3.57. The largest absolute Gasteiger partial charge is 0.368 e. The van der Waals surface area contributed by atoms with Crippen molar-refractivity contribution in [1.29, 1.82) is 0 Å². The van der Waals surface area contributed by atoms with Gasteiger partial charge in [0.05, 0.1) is 5.02 Å². The van der Waals surface area contributed by atoms with Gasteiger partial charge in [0.2, 0.25) is 0 Å². The van der Waals surface area contributed by atoms with Gasteiger partial charge in [-0.15, -0.1) is 10.2 Å². The van der Waals surface area contributed by atoms with Gasteiger partial charge in [-0.25, -0.2) is 4.39 Å². The molecule has 0 atom stereocenters. The van der Waals surface area contributed by atoms with Crippen molar-refractivity contribution in [3.05, 3.63) is 46.9 Å². The molecule has 2 aliphatic heterocycles. The fraction of sp³-hybridized carbons (Fsp3) is 0.421. The van der Waals surface area contributed by atoms with Crippen LogP contribution in [-0.4, -0.2) is 60.3 Å².